The van der Waals surface area contributed by atoms with E-state index < -0.39 is 5.82 Å². The summed E-state index contributed by atoms with van der Waals surface area (Å²) in [7, 11) is 0. The second kappa shape index (κ2) is 10.8. The molecule has 38 heavy (non-hydrogen) atoms. The number of hydrogen-bond acceptors (Lipinski definition) is 4. The molecule has 5 nitrogen and oxygen atoms in total. The first kappa shape index (κ1) is 25.0. The summed E-state index contributed by atoms with van der Waals surface area (Å²) in [5.74, 6) is -0.0373. The van der Waals surface area contributed by atoms with E-state index in [9.17, 15) is 13.6 Å². The van der Waals surface area contributed by atoms with Gasteiger partial charge in [-0.15, -0.1) is 0 Å². The first-order valence-electron chi connectivity index (χ1n) is 13.5. The van der Waals surface area contributed by atoms with Crippen LogP contribution < -0.4 is 4.74 Å². The van der Waals surface area contributed by atoms with Gasteiger partial charge >= 0.3 is 0 Å². The summed E-state index contributed by atoms with van der Waals surface area (Å²) in [6, 6.07) is 17.8. The van der Waals surface area contributed by atoms with Gasteiger partial charge in [0.2, 0.25) is 0 Å². The third kappa shape index (κ3) is 5.05. The fraction of sp³-hybridized carbons (Fsp3) is 0.387. The smallest absolute Gasteiger partial charge is 0.258 e. The normalized spacial score (nSPS) is 19.9. The molecule has 0 radical (unpaired) electrons. The molecule has 0 bridgehead atoms. The second-order valence-corrected chi connectivity index (χ2v) is 10.5. The highest BCUT2D eigenvalue weighted by atomic mass is 19.1. The molecule has 0 spiro atoms. The van der Waals surface area contributed by atoms with E-state index in [2.05, 4.69) is 17.0 Å². The Bertz CT molecular complexity index is 1320. The molecule has 6 rings (SSSR count). The highest BCUT2D eigenvalue weighted by Gasteiger charge is 2.34. The van der Waals surface area contributed by atoms with Crippen molar-refractivity contribution in [2.24, 2.45) is 0 Å². The van der Waals surface area contributed by atoms with Crippen LogP contribution in [-0.4, -0.2) is 48.7 Å². The highest BCUT2D eigenvalue weighted by molar-refractivity contribution is 5.98. The molecule has 198 valence electrons. The van der Waals surface area contributed by atoms with Gasteiger partial charge in [0.15, 0.2) is 6.79 Å². The van der Waals surface area contributed by atoms with Crippen LogP contribution in [0.1, 0.15) is 63.8 Å². The Morgan fingerprint density at radius 3 is 2.61 bits per heavy atom. The van der Waals surface area contributed by atoms with Crippen molar-refractivity contribution in [1.29, 1.82) is 0 Å². The van der Waals surface area contributed by atoms with Crippen LogP contribution in [0.2, 0.25) is 0 Å². The van der Waals surface area contributed by atoms with Crippen molar-refractivity contribution in [3.8, 4) is 5.75 Å². The zero-order valence-electron chi connectivity index (χ0n) is 21.4. The van der Waals surface area contributed by atoms with Crippen LogP contribution in [0, 0.1) is 11.6 Å². The first-order valence-corrected chi connectivity index (χ1v) is 13.5. The van der Waals surface area contributed by atoms with E-state index in [1.54, 1.807) is 12.1 Å². The van der Waals surface area contributed by atoms with Crippen LogP contribution >= 0.6 is 0 Å². The highest BCUT2D eigenvalue weighted by Crippen LogP contribution is 2.37. The molecule has 0 aromatic heterocycles. The number of ether oxygens (including phenoxy) is 2. The molecule has 1 fully saturated rings. The number of benzene rings is 3. The standard InChI is InChI=1S/C31H32F2N2O3/c32-25-6-3-5-23(16-25)21-8-12-34(13-9-21)14-11-29-27-7-2-1-4-22(27)10-15-35(29)31(36)28-18-26(33)17-24-19-37-20-38-30(24)28/h1-7,16-18,21,29H,8-15,19-20H2. The summed E-state index contributed by atoms with van der Waals surface area (Å²) >= 11 is 0. The van der Waals surface area contributed by atoms with Crippen molar-refractivity contribution in [1.82, 2.24) is 9.80 Å². The summed E-state index contributed by atoms with van der Waals surface area (Å²) in [5.41, 5.74) is 4.33. The van der Waals surface area contributed by atoms with Gasteiger partial charge in [-0.25, -0.2) is 8.78 Å². The number of piperidine rings is 1. The zero-order chi connectivity index (χ0) is 26.1. The van der Waals surface area contributed by atoms with Crippen molar-refractivity contribution >= 4 is 5.91 Å². The van der Waals surface area contributed by atoms with Gasteiger partial charge < -0.3 is 19.3 Å². The molecule has 3 aliphatic rings. The van der Waals surface area contributed by atoms with Crippen molar-refractivity contribution < 1.29 is 23.0 Å². The minimum absolute atomic E-state index is 0.0523. The molecule has 3 aromatic carbocycles. The van der Waals surface area contributed by atoms with E-state index in [0.29, 0.717) is 23.8 Å². The number of halogens is 2. The van der Waals surface area contributed by atoms with E-state index in [1.807, 2.05) is 23.1 Å². The number of fused-ring (bicyclic) bond motifs is 2. The Morgan fingerprint density at radius 2 is 1.76 bits per heavy atom. The zero-order valence-corrected chi connectivity index (χ0v) is 21.4. The molecular formula is C31H32F2N2O3. The molecule has 3 heterocycles. The molecule has 1 atom stereocenters. The van der Waals surface area contributed by atoms with E-state index in [4.69, 9.17) is 9.47 Å². The molecule has 3 aliphatic heterocycles. The third-order valence-corrected chi connectivity index (χ3v) is 8.20. The number of carbonyl (C=O) groups is 1. The van der Waals surface area contributed by atoms with Gasteiger partial charge in [-0.1, -0.05) is 36.4 Å². The van der Waals surface area contributed by atoms with Crippen molar-refractivity contribution in [2.45, 2.75) is 44.2 Å². The van der Waals surface area contributed by atoms with Crippen molar-refractivity contribution in [3.05, 3.63) is 100 Å². The lowest BCUT2D eigenvalue weighted by molar-refractivity contribution is -0.0174. The van der Waals surface area contributed by atoms with Gasteiger partial charge in [0.05, 0.1) is 18.2 Å². The molecule has 7 heteroatoms. The van der Waals surface area contributed by atoms with Gasteiger partial charge in [0.25, 0.3) is 5.91 Å². The van der Waals surface area contributed by atoms with Gasteiger partial charge in [0, 0.05) is 18.7 Å². The number of hydrogen-bond donors (Lipinski definition) is 0. The van der Waals surface area contributed by atoms with Gasteiger partial charge in [-0.05, 0) is 85.6 Å². The average Bonchev–Trinajstić information content (AvgIpc) is 2.95. The summed E-state index contributed by atoms with van der Waals surface area (Å²) in [5, 5.41) is 0. The minimum Gasteiger partial charge on any atom is -0.466 e. The molecule has 0 saturated carbocycles. The fourth-order valence-electron chi connectivity index (χ4n) is 6.25. The molecule has 0 N–H and O–H groups in total. The van der Waals surface area contributed by atoms with Crippen LogP contribution in [0.25, 0.3) is 0 Å². The fourth-order valence-corrected chi connectivity index (χ4v) is 6.25. The number of carbonyl (C=O) groups excluding carboxylic acids is 1. The predicted molar refractivity (Wildman–Crippen MR) is 140 cm³/mol. The Hall–Kier alpha value is -3.29. The number of nitrogens with zero attached hydrogens (tertiary/aromatic N) is 2. The van der Waals surface area contributed by atoms with E-state index in [1.165, 1.54) is 23.8 Å². The van der Waals surface area contributed by atoms with E-state index >= 15 is 0 Å². The minimum atomic E-state index is -0.462. The van der Waals surface area contributed by atoms with Gasteiger partial charge in [-0.2, -0.15) is 0 Å². The molecule has 0 aliphatic carbocycles. The van der Waals surface area contributed by atoms with E-state index in [-0.39, 0.29) is 36.7 Å². The topological polar surface area (TPSA) is 42.0 Å². The lowest BCUT2D eigenvalue weighted by Gasteiger charge is -2.40. The Labute approximate surface area is 222 Å². The van der Waals surface area contributed by atoms with Crippen molar-refractivity contribution in [3.63, 3.8) is 0 Å². The molecule has 1 amide bonds. The first-order chi connectivity index (χ1) is 18.6. The maximum Gasteiger partial charge on any atom is 0.258 e. The van der Waals surface area contributed by atoms with Gasteiger partial charge in [0.1, 0.15) is 17.4 Å². The maximum absolute atomic E-state index is 14.5. The van der Waals surface area contributed by atoms with Crippen LogP contribution in [0.4, 0.5) is 8.78 Å². The summed E-state index contributed by atoms with van der Waals surface area (Å²) in [6.07, 6.45) is 3.53. The summed E-state index contributed by atoms with van der Waals surface area (Å²) in [6.45, 7) is 3.58. The Balaban J connectivity index is 1.19. The van der Waals surface area contributed by atoms with Crippen molar-refractivity contribution in [2.75, 3.05) is 33.0 Å². The quantitative estimate of drug-likeness (QED) is 0.426. The largest absolute Gasteiger partial charge is 0.466 e. The molecular weight excluding hydrogens is 486 g/mol. The van der Waals surface area contributed by atoms with Gasteiger partial charge in [-0.3, -0.25) is 4.79 Å². The Morgan fingerprint density at radius 1 is 0.921 bits per heavy atom. The lowest BCUT2D eigenvalue weighted by atomic mass is 9.88. The monoisotopic (exact) mass is 518 g/mol. The summed E-state index contributed by atoms with van der Waals surface area (Å²) < 4.78 is 39.2. The predicted octanol–water partition coefficient (Wildman–Crippen LogP) is 5.84. The number of likely N-dealkylation sites (tertiary alicyclic amines) is 1. The summed E-state index contributed by atoms with van der Waals surface area (Å²) in [4.78, 5) is 18.3. The number of amides is 1. The van der Waals surface area contributed by atoms with Crippen LogP contribution in [0.5, 0.6) is 5.75 Å². The molecule has 3 aromatic rings. The maximum atomic E-state index is 14.5. The average molecular weight is 519 g/mol. The van der Waals surface area contributed by atoms with E-state index in [0.717, 1.165) is 56.4 Å². The lowest BCUT2D eigenvalue weighted by Crippen LogP contribution is -2.42. The Kier molecular flexibility index (Phi) is 7.13. The van der Waals surface area contributed by atoms with Crippen LogP contribution in [0.15, 0.2) is 60.7 Å². The number of rotatable bonds is 5. The SMILES string of the molecule is O=C(c1cc(F)cc2c1OCOC2)N1CCc2ccccc2C1CCN1CCC(c2cccc(F)c2)CC1. The van der Waals surface area contributed by atoms with Crippen LogP contribution in [-0.2, 0) is 17.8 Å². The molecule has 1 saturated heterocycles. The second-order valence-electron chi connectivity index (χ2n) is 10.5. The van der Waals surface area contributed by atoms with Crippen LogP contribution in [0.3, 0.4) is 0 Å². The third-order valence-electron chi connectivity index (χ3n) is 8.20. The molecule has 1 unspecified atom stereocenters.